The zero-order valence-electron chi connectivity index (χ0n) is 11.0. The van der Waals surface area contributed by atoms with Crippen LogP contribution in [0.25, 0.3) is 0 Å². The highest BCUT2D eigenvalue weighted by atomic mass is 16.5. The van der Waals surface area contributed by atoms with E-state index in [1.54, 1.807) is 14.2 Å². The lowest BCUT2D eigenvalue weighted by molar-refractivity contribution is 0.403. The van der Waals surface area contributed by atoms with Gasteiger partial charge in [-0.05, 0) is 24.3 Å². The molecule has 4 N–H and O–H groups in total. The predicted molar refractivity (Wildman–Crippen MR) is 75.8 cm³/mol. The average Bonchev–Trinajstić information content (AvgIpc) is 2.47. The van der Waals surface area contributed by atoms with Gasteiger partial charge in [0.1, 0.15) is 11.5 Å². The minimum absolute atomic E-state index is 0.325. The topological polar surface area (TPSA) is 70.5 Å². The highest BCUT2D eigenvalue weighted by Crippen LogP contribution is 2.29. The summed E-state index contributed by atoms with van der Waals surface area (Å²) in [5, 5.41) is 0. The van der Waals surface area contributed by atoms with Crippen LogP contribution in [0.5, 0.6) is 11.5 Å². The molecule has 0 amide bonds. The van der Waals surface area contributed by atoms with Crippen molar-refractivity contribution >= 4 is 11.4 Å². The molecule has 2 rings (SSSR count). The summed E-state index contributed by atoms with van der Waals surface area (Å²) >= 11 is 0. The molecule has 2 aromatic carbocycles. The van der Waals surface area contributed by atoms with E-state index in [2.05, 4.69) is 0 Å². The van der Waals surface area contributed by atoms with E-state index in [0.29, 0.717) is 0 Å². The molecule has 0 heterocycles. The maximum absolute atomic E-state index is 6.18. The number of nitrogens with zero attached hydrogens (tertiary/aromatic N) is 1. The van der Waals surface area contributed by atoms with Gasteiger partial charge in [0, 0.05) is 24.3 Å². The van der Waals surface area contributed by atoms with Crippen molar-refractivity contribution in [3.05, 3.63) is 48.5 Å². The Morgan fingerprint density at radius 3 is 1.26 bits per heavy atom. The summed E-state index contributed by atoms with van der Waals surface area (Å²) in [4.78, 5) is 0. The van der Waals surface area contributed by atoms with Crippen molar-refractivity contribution in [2.75, 3.05) is 14.2 Å². The van der Waals surface area contributed by atoms with Crippen LogP contribution >= 0.6 is 0 Å². The molecule has 0 radical (unpaired) electrons. The first-order valence-corrected chi connectivity index (χ1v) is 5.83. The lowest BCUT2D eigenvalue weighted by Gasteiger charge is -2.25. The van der Waals surface area contributed by atoms with Gasteiger partial charge < -0.3 is 9.47 Å². The molecule has 0 atom stereocenters. The Morgan fingerprint density at radius 2 is 1.00 bits per heavy atom. The number of methoxy groups -OCH3 is 2. The van der Waals surface area contributed by atoms with Crippen molar-refractivity contribution in [2.24, 2.45) is 11.7 Å². The van der Waals surface area contributed by atoms with Crippen LogP contribution in [-0.2, 0) is 0 Å². The molecular formula is C14H18N3O2+. The summed E-state index contributed by atoms with van der Waals surface area (Å²) in [6.07, 6.45) is 0. The normalized spacial score (nSPS) is 11.2. The maximum Gasteiger partial charge on any atom is 0.176 e. The number of ether oxygens (including phenoxy) is 2. The number of nitrogens with two attached hydrogens (primary N) is 2. The van der Waals surface area contributed by atoms with Gasteiger partial charge in [0.05, 0.1) is 14.2 Å². The predicted octanol–water partition coefficient (Wildman–Crippen LogP) is 2.09. The Bertz CT molecular complexity index is 486. The van der Waals surface area contributed by atoms with Crippen LogP contribution in [0.3, 0.4) is 0 Å². The van der Waals surface area contributed by atoms with Gasteiger partial charge in [-0.3, -0.25) is 0 Å². The Labute approximate surface area is 112 Å². The molecule has 0 fully saturated rings. The van der Waals surface area contributed by atoms with Crippen molar-refractivity contribution in [2.45, 2.75) is 0 Å². The van der Waals surface area contributed by atoms with Crippen molar-refractivity contribution in [3.63, 3.8) is 0 Å². The van der Waals surface area contributed by atoms with Gasteiger partial charge in [-0.15, -0.1) is 4.70 Å². The highest BCUT2D eigenvalue weighted by molar-refractivity contribution is 5.57. The fourth-order valence-corrected chi connectivity index (χ4v) is 1.81. The first-order chi connectivity index (χ1) is 9.07. The Morgan fingerprint density at radius 1 is 0.684 bits per heavy atom. The molecule has 0 saturated heterocycles. The summed E-state index contributed by atoms with van der Waals surface area (Å²) in [5.74, 6) is 13.9. The molecular weight excluding hydrogens is 242 g/mol. The van der Waals surface area contributed by atoms with Gasteiger partial charge in [0.15, 0.2) is 11.4 Å². The standard InChI is InChI=1S/C14H18N3O2/c1-18-13-7-3-11(4-8-13)17(15,16)12-5-9-14(19-2)10-6-12/h3-10H,15-16H2,1-2H3/q+1. The first-order valence-electron chi connectivity index (χ1n) is 5.83. The van der Waals surface area contributed by atoms with Crippen LogP contribution in [-0.4, -0.2) is 14.2 Å². The SMILES string of the molecule is COc1ccc([N+](N)(N)c2ccc(OC)cc2)cc1. The summed E-state index contributed by atoms with van der Waals surface area (Å²) in [7, 11) is 3.23. The molecule has 0 unspecified atom stereocenters. The molecule has 0 aliphatic carbocycles. The van der Waals surface area contributed by atoms with Crippen LogP contribution in [0.15, 0.2) is 48.5 Å². The van der Waals surface area contributed by atoms with Crippen molar-refractivity contribution in [1.29, 1.82) is 0 Å². The quantitative estimate of drug-likeness (QED) is 0.501. The fourth-order valence-electron chi connectivity index (χ4n) is 1.81. The number of hydrogen-bond donors (Lipinski definition) is 2. The van der Waals surface area contributed by atoms with E-state index in [1.807, 2.05) is 48.5 Å². The van der Waals surface area contributed by atoms with Gasteiger partial charge >= 0.3 is 0 Å². The molecule has 0 bridgehead atoms. The monoisotopic (exact) mass is 260 g/mol. The summed E-state index contributed by atoms with van der Waals surface area (Å²) in [5.41, 5.74) is 1.51. The van der Waals surface area contributed by atoms with E-state index in [4.69, 9.17) is 21.2 Å². The zero-order chi connectivity index (χ0) is 13.9. The van der Waals surface area contributed by atoms with Crippen molar-refractivity contribution in [3.8, 4) is 11.5 Å². The minimum atomic E-state index is -0.325. The second kappa shape index (κ2) is 5.27. The van der Waals surface area contributed by atoms with Crippen LogP contribution < -0.4 is 25.9 Å². The van der Waals surface area contributed by atoms with E-state index in [0.717, 1.165) is 22.9 Å². The average molecular weight is 260 g/mol. The number of rotatable bonds is 4. The van der Waals surface area contributed by atoms with Crippen molar-refractivity contribution < 1.29 is 9.47 Å². The van der Waals surface area contributed by atoms with E-state index in [-0.39, 0.29) is 4.70 Å². The molecule has 0 aromatic heterocycles. The Balaban J connectivity index is 2.33. The number of hydrogen-bond acceptors (Lipinski definition) is 4. The van der Waals surface area contributed by atoms with Crippen LogP contribution in [0.2, 0.25) is 0 Å². The fraction of sp³-hybridized carbons (Fsp3) is 0.143. The van der Waals surface area contributed by atoms with Gasteiger partial charge in [0.25, 0.3) is 0 Å². The second-order valence-corrected chi connectivity index (χ2v) is 4.17. The highest BCUT2D eigenvalue weighted by Gasteiger charge is 2.25. The molecule has 0 spiro atoms. The largest absolute Gasteiger partial charge is 0.497 e. The maximum atomic E-state index is 6.18. The third kappa shape index (κ3) is 2.68. The van der Waals surface area contributed by atoms with Crippen LogP contribution in [0.4, 0.5) is 11.4 Å². The van der Waals surface area contributed by atoms with Gasteiger partial charge in [-0.25, -0.2) is 0 Å². The summed E-state index contributed by atoms with van der Waals surface area (Å²) in [6, 6.07) is 14.6. The lowest BCUT2D eigenvalue weighted by atomic mass is 10.2. The summed E-state index contributed by atoms with van der Waals surface area (Å²) < 4.78 is 9.90. The van der Waals surface area contributed by atoms with Crippen LogP contribution in [0, 0.1) is 0 Å². The van der Waals surface area contributed by atoms with Gasteiger partial charge in [-0.1, -0.05) is 0 Å². The molecule has 0 saturated carbocycles. The lowest BCUT2D eigenvalue weighted by Crippen LogP contribution is -2.57. The first kappa shape index (κ1) is 13.4. The zero-order valence-corrected chi connectivity index (χ0v) is 11.0. The van der Waals surface area contributed by atoms with Crippen LogP contribution in [0.1, 0.15) is 0 Å². The number of benzene rings is 2. The van der Waals surface area contributed by atoms with Crippen molar-refractivity contribution in [1.82, 2.24) is 4.70 Å². The van der Waals surface area contributed by atoms with Gasteiger partial charge in [-0.2, -0.15) is 11.7 Å². The minimum Gasteiger partial charge on any atom is -0.497 e. The smallest absolute Gasteiger partial charge is 0.176 e. The molecule has 100 valence electrons. The van der Waals surface area contributed by atoms with E-state index in [1.165, 1.54) is 0 Å². The van der Waals surface area contributed by atoms with Gasteiger partial charge in [0.2, 0.25) is 0 Å². The molecule has 0 aliphatic rings. The molecule has 5 heteroatoms. The number of quaternary nitrogens is 1. The molecule has 5 nitrogen and oxygen atoms in total. The molecule has 2 aromatic rings. The van der Waals surface area contributed by atoms with E-state index in [9.17, 15) is 0 Å². The third-order valence-corrected chi connectivity index (χ3v) is 3.00. The van der Waals surface area contributed by atoms with E-state index >= 15 is 0 Å². The Kier molecular flexibility index (Phi) is 3.71. The Hall–Kier alpha value is -2.08. The second-order valence-electron chi connectivity index (χ2n) is 4.17. The van der Waals surface area contributed by atoms with E-state index < -0.39 is 0 Å². The third-order valence-electron chi connectivity index (χ3n) is 3.00. The molecule has 19 heavy (non-hydrogen) atoms. The molecule has 0 aliphatic heterocycles. The summed E-state index contributed by atoms with van der Waals surface area (Å²) in [6.45, 7) is 0.